The molecular weight excluding hydrogens is 316 g/mol. The number of nitrogens with zero attached hydrogens (tertiary/aromatic N) is 1. The molecule has 0 radical (unpaired) electrons. The summed E-state index contributed by atoms with van der Waals surface area (Å²) >= 11 is 5.39. The Balaban J connectivity index is 2.75. The van der Waals surface area contributed by atoms with Crippen LogP contribution in [0.1, 0.15) is 16.1 Å². The predicted octanol–water partition coefficient (Wildman–Crippen LogP) is 3.52. The van der Waals surface area contributed by atoms with Gasteiger partial charge in [0.25, 0.3) is 0 Å². The monoisotopic (exact) mass is 321 g/mol. The summed E-state index contributed by atoms with van der Waals surface area (Å²) in [6.45, 7) is -2.61. The van der Waals surface area contributed by atoms with Gasteiger partial charge in [-0.2, -0.15) is 26.3 Å². The number of alkyl halides is 6. The molecule has 0 fully saturated rings. The van der Waals surface area contributed by atoms with E-state index in [1.807, 2.05) is 0 Å². The Labute approximate surface area is 113 Å². The number of hydrogen-bond acceptors (Lipinski definition) is 3. The van der Waals surface area contributed by atoms with Gasteiger partial charge in [0.2, 0.25) is 0 Å². The van der Waals surface area contributed by atoms with Crippen LogP contribution in [-0.4, -0.2) is 30.2 Å². The quantitative estimate of drug-likeness (QED) is 0.484. The SMILES string of the molecule is O=C(COCC(F)(F)F)c1ccc(C(F)(F)F)nc1Cl. The van der Waals surface area contributed by atoms with E-state index < -0.39 is 47.8 Å². The second-order valence-corrected chi connectivity index (χ2v) is 3.92. The smallest absolute Gasteiger partial charge is 0.364 e. The second kappa shape index (κ2) is 5.96. The lowest BCUT2D eigenvalue weighted by Crippen LogP contribution is -2.21. The molecule has 1 rings (SSSR count). The summed E-state index contributed by atoms with van der Waals surface area (Å²) in [5.74, 6) is -1.000. The van der Waals surface area contributed by atoms with E-state index >= 15 is 0 Å². The molecule has 20 heavy (non-hydrogen) atoms. The van der Waals surface area contributed by atoms with E-state index in [-0.39, 0.29) is 0 Å². The van der Waals surface area contributed by atoms with Crippen molar-refractivity contribution in [2.45, 2.75) is 12.4 Å². The molecule has 0 N–H and O–H groups in total. The van der Waals surface area contributed by atoms with Crippen molar-refractivity contribution >= 4 is 17.4 Å². The van der Waals surface area contributed by atoms with Crippen LogP contribution >= 0.6 is 11.6 Å². The second-order valence-electron chi connectivity index (χ2n) is 3.56. The van der Waals surface area contributed by atoms with Gasteiger partial charge in [-0.15, -0.1) is 0 Å². The van der Waals surface area contributed by atoms with Gasteiger partial charge in [0.05, 0.1) is 5.56 Å². The molecule has 0 atom stereocenters. The van der Waals surface area contributed by atoms with Crippen LogP contribution in [0.4, 0.5) is 26.3 Å². The molecule has 0 aliphatic heterocycles. The van der Waals surface area contributed by atoms with Crippen molar-refractivity contribution in [3.63, 3.8) is 0 Å². The molecular formula is C10H6ClF6NO2. The average Bonchev–Trinajstić information content (AvgIpc) is 2.25. The maximum Gasteiger partial charge on any atom is 0.433 e. The Morgan fingerprint density at radius 1 is 1.20 bits per heavy atom. The number of hydrogen-bond donors (Lipinski definition) is 0. The van der Waals surface area contributed by atoms with Crippen LogP contribution in [0.2, 0.25) is 5.15 Å². The molecule has 0 bridgehead atoms. The van der Waals surface area contributed by atoms with E-state index in [1.165, 1.54) is 0 Å². The number of ether oxygens (including phenoxy) is 1. The molecule has 0 saturated carbocycles. The van der Waals surface area contributed by atoms with E-state index in [2.05, 4.69) is 9.72 Å². The number of carbonyl (C=O) groups excluding carboxylic acids is 1. The minimum absolute atomic E-state index is 0.443. The fourth-order valence-corrected chi connectivity index (χ4v) is 1.40. The largest absolute Gasteiger partial charge is 0.433 e. The number of halogens is 7. The zero-order valence-electron chi connectivity index (χ0n) is 9.48. The summed E-state index contributed by atoms with van der Waals surface area (Å²) in [4.78, 5) is 14.4. The maximum atomic E-state index is 12.3. The van der Waals surface area contributed by atoms with E-state index in [0.29, 0.717) is 6.07 Å². The molecule has 0 spiro atoms. The van der Waals surface area contributed by atoms with Crippen LogP contribution in [0, 0.1) is 0 Å². The first kappa shape index (κ1) is 16.7. The van der Waals surface area contributed by atoms with E-state index in [0.717, 1.165) is 6.07 Å². The van der Waals surface area contributed by atoms with Gasteiger partial charge in [-0.1, -0.05) is 11.6 Å². The van der Waals surface area contributed by atoms with Crippen LogP contribution in [-0.2, 0) is 10.9 Å². The Kier molecular flexibility index (Phi) is 4.98. The molecule has 3 nitrogen and oxygen atoms in total. The van der Waals surface area contributed by atoms with Gasteiger partial charge < -0.3 is 4.74 Å². The molecule has 0 saturated heterocycles. The molecule has 0 aromatic carbocycles. The fraction of sp³-hybridized carbons (Fsp3) is 0.400. The van der Waals surface area contributed by atoms with Crippen LogP contribution < -0.4 is 0 Å². The van der Waals surface area contributed by atoms with Gasteiger partial charge in [0.15, 0.2) is 5.78 Å². The van der Waals surface area contributed by atoms with Gasteiger partial charge in [0, 0.05) is 0 Å². The Morgan fingerprint density at radius 2 is 1.80 bits per heavy atom. The molecule has 0 unspecified atom stereocenters. The zero-order chi connectivity index (χ0) is 15.6. The summed E-state index contributed by atoms with van der Waals surface area (Å²) in [6, 6.07) is 1.24. The van der Waals surface area contributed by atoms with Gasteiger partial charge >= 0.3 is 12.4 Å². The van der Waals surface area contributed by atoms with Crippen molar-refractivity contribution in [2.75, 3.05) is 13.2 Å². The zero-order valence-corrected chi connectivity index (χ0v) is 10.2. The fourth-order valence-electron chi connectivity index (χ4n) is 1.14. The Bertz CT molecular complexity index is 500. The van der Waals surface area contributed by atoms with Crippen LogP contribution in [0.25, 0.3) is 0 Å². The lowest BCUT2D eigenvalue weighted by atomic mass is 10.2. The van der Waals surface area contributed by atoms with Gasteiger partial charge in [-0.25, -0.2) is 4.98 Å². The number of rotatable bonds is 4. The summed E-state index contributed by atoms with van der Waals surface area (Å²) < 4.78 is 76.2. The molecule has 0 aliphatic carbocycles. The first-order valence-electron chi connectivity index (χ1n) is 4.92. The van der Waals surface area contributed by atoms with E-state index in [1.54, 1.807) is 0 Å². The lowest BCUT2D eigenvalue weighted by molar-refractivity contribution is -0.170. The van der Waals surface area contributed by atoms with Gasteiger partial charge in [-0.3, -0.25) is 4.79 Å². The Hall–Kier alpha value is -1.35. The highest BCUT2D eigenvalue weighted by Gasteiger charge is 2.33. The average molecular weight is 322 g/mol. The highest BCUT2D eigenvalue weighted by Crippen LogP contribution is 2.29. The third-order valence-corrected chi connectivity index (χ3v) is 2.23. The van der Waals surface area contributed by atoms with Crippen molar-refractivity contribution in [1.29, 1.82) is 0 Å². The number of Topliss-reactive ketones (excluding diaryl/α,β-unsaturated/α-hetero) is 1. The summed E-state index contributed by atoms with van der Waals surface area (Å²) in [7, 11) is 0. The molecule has 1 heterocycles. The minimum Gasteiger partial charge on any atom is -0.364 e. The van der Waals surface area contributed by atoms with Gasteiger partial charge in [-0.05, 0) is 12.1 Å². The molecule has 0 aliphatic rings. The van der Waals surface area contributed by atoms with Crippen LogP contribution in [0.5, 0.6) is 0 Å². The first-order valence-corrected chi connectivity index (χ1v) is 5.30. The number of pyridine rings is 1. The van der Waals surface area contributed by atoms with Crippen molar-refractivity contribution in [1.82, 2.24) is 4.98 Å². The number of carbonyl (C=O) groups is 1. The number of aromatic nitrogens is 1. The van der Waals surface area contributed by atoms with Crippen molar-refractivity contribution in [3.05, 3.63) is 28.5 Å². The van der Waals surface area contributed by atoms with Crippen LogP contribution in [0.15, 0.2) is 12.1 Å². The van der Waals surface area contributed by atoms with Crippen molar-refractivity contribution in [3.8, 4) is 0 Å². The summed E-state index contributed by atoms with van der Waals surface area (Å²) in [5.41, 5.74) is -1.75. The van der Waals surface area contributed by atoms with Gasteiger partial charge in [0.1, 0.15) is 24.1 Å². The molecule has 0 amide bonds. The predicted molar refractivity (Wildman–Crippen MR) is 55.5 cm³/mol. The third kappa shape index (κ3) is 4.97. The van der Waals surface area contributed by atoms with Crippen LogP contribution in [0.3, 0.4) is 0 Å². The highest BCUT2D eigenvalue weighted by molar-refractivity contribution is 6.32. The number of ketones is 1. The van der Waals surface area contributed by atoms with E-state index in [9.17, 15) is 31.1 Å². The topological polar surface area (TPSA) is 39.2 Å². The minimum atomic E-state index is -4.74. The third-order valence-electron chi connectivity index (χ3n) is 1.94. The molecule has 10 heteroatoms. The molecule has 112 valence electrons. The Morgan fingerprint density at radius 3 is 2.25 bits per heavy atom. The molecule has 1 aromatic heterocycles. The summed E-state index contributed by atoms with van der Waals surface area (Å²) in [5, 5.41) is -0.750. The molecule has 1 aromatic rings. The van der Waals surface area contributed by atoms with Crippen molar-refractivity contribution < 1.29 is 35.9 Å². The van der Waals surface area contributed by atoms with Crippen molar-refractivity contribution in [2.24, 2.45) is 0 Å². The highest BCUT2D eigenvalue weighted by atomic mass is 35.5. The first-order chi connectivity index (χ1) is 9.00. The maximum absolute atomic E-state index is 12.3. The summed E-state index contributed by atoms with van der Waals surface area (Å²) in [6.07, 6.45) is -9.35. The lowest BCUT2D eigenvalue weighted by Gasteiger charge is -2.09. The normalized spacial score (nSPS) is 12.6. The standard InChI is InChI=1S/C10H6ClF6NO2/c11-8-5(1-2-7(18-8)10(15,16)17)6(19)3-20-4-9(12,13)14/h1-2H,3-4H2. The van der Waals surface area contributed by atoms with E-state index in [4.69, 9.17) is 11.6 Å².